The lowest BCUT2D eigenvalue weighted by atomic mass is 9.91. The van der Waals surface area contributed by atoms with Gasteiger partial charge in [0.2, 0.25) is 0 Å². The highest BCUT2D eigenvalue weighted by molar-refractivity contribution is 7.92. The number of alkyl halides is 2. The van der Waals surface area contributed by atoms with Gasteiger partial charge in [0.25, 0.3) is 16.4 Å². The van der Waals surface area contributed by atoms with Gasteiger partial charge in [-0.25, -0.2) is 8.78 Å². The van der Waals surface area contributed by atoms with Gasteiger partial charge in [-0.2, -0.15) is 13.5 Å². The van der Waals surface area contributed by atoms with E-state index in [9.17, 15) is 27.1 Å². The minimum absolute atomic E-state index is 0.0480. The minimum atomic E-state index is -4.35. The normalized spacial score (nSPS) is 17.4. The van der Waals surface area contributed by atoms with Gasteiger partial charge in [0, 0.05) is 13.6 Å². The molecule has 1 aromatic heterocycles. The topological polar surface area (TPSA) is 92.5 Å². The third-order valence-corrected chi connectivity index (χ3v) is 6.40. The molecule has 0 saturated heterocycles. The molecule has 0 amide bonds. The second kappa shape index (κ2) is 6.35. The van der Waals surface area contributed by atoms with Gasteiger partial charge in [-0.15, -0.1) is 0 Å². The number of aromatic nitrogens is 2. The van der Waals surface area contributed by atoms with Gasteiger partial charge in [-0.05, 0) is 25.0 Å². The number of carbonyl (C=O) groups is 1. The standard InChI is InChI=1S/C16H17F2N3O4S/c1-9-13(14(17)18)15(20(2)19-9)26(24,25)21-8-7-11(16(22)23)10-5-3-4-6-12(10)21/h3-6,11,14H,7-8H2,1-2H3,(H,22,23). The molecule has 2 aromatic rings. The van der Waals surface area contributed by atoms with E-state index < -0.39 is 38.9 Å². The molecule has 0 saturated carbocycles. The van der Waals surface area contributed by atoms with E-state index in [0.717, 1.165) is 8.99 Å². The monoisotopic (exact) mass is 385 g/mol. The summed E-state index contributed by atoms with van der Waals surface area (Å²) in [6.07, 6.45) is -2.95. The van der Waals surface area contributed by atoms with E-state index in [0.29, 0.717) is 5.56 Å². The van der Waals surface area contributed by atoms with Crippen LogP contribution in [0.5, 0.6) is 0 Å². The highest BCUT2D eigenvalue weighted by Gasteiger charge is 2.40. The summed E-state index contributed by atoms with van der Waals surface area (Å²) in [6.45, 7) is 1.20. The first-order valence-corrected chi connectivity index (χ1v) is 9.26. The molecule has 0 radical (unpaired) electrons. The molecule has 1 aromatic carbocycles. The SMILES string of the molecule is Cc1nn(C)c(S(=O)(=O)N2CCC(C(=O)O)c3ccccc32)c1C(F)F. The van der Waals surface area contributed by atoms with Crippen LogP contribution in [0.3, 0.4) is 0 Å². The van der Waals surface area contributed by atoms with Crippen LogP contribution in [-0.4, -0.2) is 35.8 Å². The fourth-order valence-corrected chi connectivity index (χ4v) is 5.22. The number of benzene rings is 1. The molecule has 1 aliphatic heterocycles. The fourth-order valence-electron chi connectivity index (χ4n) is 3.35. The van der Waals surface area contributed by atoms with E-state index in [1.165, 1.54) is 26.1 Å². The van der Waals surface area contributed by atoms with Crippen molar-refractivity contribution in [2.24, 2.45) is 7.05 Å². The molecule has 2 heterocycles. The lowest BCUT2D eigenvalue weighted by Gasteiger charge is -2.33. The summed E-state index contributed by atoms with van der Waals surface area (Å²) in [4.78, 5) is 11.5. The summed E-state index contributed by atoms with van der Waals surface area (Å²) in [5, 5.41) is 12.6. The smallest absolute Gasteiger partial charge is 0.311 e. The zero-order valence-corrected chi connectivity index (χ0v) is 14.9. The van der Waals surface area contributed by atoms with Crippen molar-refractivity contribution >= 4 is 21.7 Å². The summed E-state index contributed by atoms with van der Waals surface area (Å²) in [5.74, 6) is -1.90. The van der Waals surface area contributed by atoms with Gasteiger partial charge in [-0.1, -0.05) is 18.2 Å². The molecule has 7 nitrogen and oxygen atoms in total. The Labute approximate surface area is 148 Å². The molecule has 140 valence electrons. The van der Waals surface area contributed by atoms with Crippen molar-refractivity contribution in [3.05, 3.63) is 41.1 Å². The number of rotatable bonds is 4. The van der Waals surface area contributed by atoms with Crippen LogP contribution in [0.1, 0.15) is 35.6 Å². The molecule has 10 heteroatoms. The number of sulfonamides is 1. The molecule has 1 aliphatic rings. The molecule has 1 atom stereocenters. The first kappa shape index (κ1) is 18.3. The van der Waals surface area contributed by atoms with Crippen LogP contribution in [0.2, 0.25) is 0 Å². The first-order valence-electron chi connectivity index (χ1n) is 7.82. The van der Waals surface area contributed by atoms with Crippen molar-refractivity contribution in [3.8, 4) is 0 Å². The van der Waals surface area contributed by atoms with E-state index >= 15 is 0 Å². The Balaban J connectivity index is 2.18. The number of para-hydroxylation sites is 1. The van der Waals surface area contributed by atoms with Crippen molar-refractivity contribution < 1.29 is 27.1 Å². The molecule has 0 fully saturated rings. The first-order chi connectivity index (χ1) is 12.2. The van der Waals surface area contributed by atoms with E-state index in [2.05, 4.69) is 5.10 Å². The van der Waals surface area contributed by atoms with E-state index in [1.54, 1.807) is 12.1 Å². The van der Waals surface area contributed by atoms with Crippen LogP contribution in [0.4, 0.5) is 14.5 Å². The molecule has 1 N–H and O–H groups in total. The lowest BCUT2D eigenvalue weighted by molar-refractivity contribution is -0.139. The average molecular weight is 385 g/mol. The molecular formula is C16H17F2N3O4S. The van der Waals surface area contributed by atoms with Crippen molar-refractivity contribution in [2.75, 3.05) is 10.8 Å². The predicted octanol–water partition coefficient (Wildman–Crippen LogP) is 2.43. The van der Waals surface area contributed by atoms with Crippen LogP contribution >= 0.6 is 0 Å². The van der Waals surface area contributed by atoms with Crippen LogP contribution in [-0.2, 0) is 21.9 Å². The predicted molar refractivity (Wildman–Crippen MR) is 88.9 cm³/mol. The molecule has 0 aliphatic carbocycles. The van der Waals surface area contributed by atoms with Crippen LogP contribution in [0, 0.1) is 6.92 Å². The molecular weight excluding hydrogens is 368 g/mol. The van der Waals surface area contributed by atoms with Crippen molar-refractivity contribution in [1.82, 2.24) is 9.78 Å². The number of aliphatic carboxylic acids is 1. The number of halogens is 2. The number of hydrogen-bond donors (Lipinski definition) is 1. The Kier molecular flexibility index (Phi) is 4.47. The molecule has 1 unspecified atom stereocenters. The Morgan fingerprint density at radius 1 is 1.35 bits per heavy atom. The molecule has 26 heavy (non-hydrogen) atoms. The van der Waals surface area contributed by atoms with Gasteiger partial charge in [0.05, 0.1) is 22.9 Å². The lowest BCUT2D eigenvalue weighted by Crippen LogP contribution is -2.39. The van der Waals surface area contributed by atoms with Crippen LogP contribution in [0.15, 0.2) is 29.3 Å². The molecule has 3 rings (SSSR count). The number of anilines is 1. The van der Waals surface area contributed by atoms with Gasteiger partial charge < -0.3 is 5.11 Å². The second-order valence-corrected chi connectivity index (χ2v) is 7.82. The quantitative estimate of drug-likeness (QED) is 0.873. The van der Waals surface area contributed by atoms with Crippen molar-refractivity contribution in [3.63, 3.8) is 0 Å². The summed E-state index contributed by atoms with van der Waals surface area (Å²) in [5.41, 5.74) is -0.169. The van der Waals surface area contributed by atoms with Gasteiger partial charge in [0.1, 0.15) is 0 Å². The van der Waals surface area contributed by atoms with Crippen LogP contribution in [0.25, 0.3) is 0 Å². The zero-order valence-electron chi connectivity index (χ0n) is 14.1. The highest BCUT2D eigenvalue weighted by Crippen LogP contribution is 2.40. The van der Waals surface area contributed by atoms with Gasteiger partial charge >= 0.3 is 5.97 Å². The number of fused-ring (bicyclic) bond motifs is 1. The van der Waals surface area contributed by atoms with Crippen molar-refractivity contribution in [2.45, 2.75) is 30.7 Å². The third-order valence-electron chi connectivity index (χ3n) is 4.47. The summed E-state index contributed by atoms with van der Waals surface area (Å²) >= 11 is 0. The summed E-state index contributed by atoms with van der Waals surface area (Å²) < 4.78 is 55.2. The van der Waals surface area contributed by atoms with Gasteiger partial charge in [0.15, 0.2) is 5.03 Å². The Bertz CT molecular complexity index is 972. The number of carboxylic acids is 1. The number of nitrogens with zero attached hydrogens (tertiary/aromatic N) is 3. The summed E-state index contributed by atoms with van der Waals surface area (Å²) in [6, 6.07) is 6.21. The van der Waals surface area contributed by atoms with Crippen LogP contribution < -0.4 is 4.31 Å². The molecule has 0 spiro atoms. The zero-order chi connectivity index (χ0) is 19.2. The highest BCUT2D eigenvalue weighted by atomic mass is 32.2. The van der Waals surface area contributed by atoms with E-state index in [-0.39, 0.29) is 24.3 Å². The fraction of sp³-hybridized carbons (Fsp3) is 0.375. The Morgan fingerprint density at radius 3 is 2.62 bits per heavy atom. The summed E-state index contributed by atoms with van der Waals surface area (Å²) in [7, 11) is -3.06. The maximum Gasteiger partial charge on any atom is 0.311 e. The Morgan fingerprint density at radius 2 is 2.00 bits per heavy atom. The minimum Gasteiger partial charge on any atom is -0.481 e. The third kappa shape index (κ3) is 2.74. The molecule has 0 bridgehead atoms. The number of carboxylic acid groups (broad SMARTS) is 1. The second-order valence-electron chi connectivity index (χ2n) is 6.04. The number of hydrogen-bond acceptors (Lipinski definition) is 4. The maximum atomic E-state index is 13.4. The average Bonchev–Trinajstić information content (AvgIpc) is 2.88. The van der Waals surface area contributed by atoms with Crippen molar-refractivity contribution in [1.29, 1.82) is 0 Å². The van der Waals surface area contributed by atoms with E-state index in [4.69, 9.17) is 0 Å². The largest absolute Gasteiger partial charge is 0.481 e. The maximum absolute atomic E-state index is 13.4. The van der Waals surface area contributed by atoms with Gasteiger partial charge in [-0.3, -0.25) is 13.8 Å². The Hall–Kier alpha value is -2.49. The van der Waals surface area contributed by atoms with E-state index in [1.807, 2.05) is 0 Å². The number of aryl methyl sites for hydroxylation is 2.